The first kappa shape index (κ1) is 34.0. The number of pyridine rings is 1. The van der Waals surface area contributed by atoms with Gasteiger partial charge in [0.25, 0.3) is 0 Å². The van der Waals surface area contributed by atoms with Crippen molar-refractivity contribution in [2.45, 2.75) is 9.79 Å². The maximum atomic E-state index is 13.9. The summed E-state index contributed by atoms with van der Waals surface area (Å²) in [7, 11) is -3.86. The van der Waals surface area contributed by atoms with Gasteiger partial charge in [-0.2, -0.15) is 5.26 Å². The zero-order valence-electron chi connectivity index (χ0n) is 31.6. The summed E-state index contributed by atoms with van der Waals surface area (Å²) in [5.41, 5.74) is 8.81. The van der Waals surface area contributed by atoms with E-state index in [0.29, 0.717) is 11.4 Å². The molecule has 0 atom stereocenters. The molecule has 0 saturated carbocycles. The summed E-state index contributed by atoms with van der Waals surface area (Å²) in [6.07, 6.45) is 3.65. The average Bonchev–Trinajstić information content (AvgIpc) is 3.93. The van der Waals surface area contributed by atoms with Gasteiger partial charge in [0.05, 0.1) is 71.8 Å². The molecule has 12 rings (SSSR count). The van der Waals surface area contributed by atoms with Crippen LogP contribution in [0.3, 0.4) is 0 Å². The van der Waals surface area contributed by atoms with Crippen molar-refractivity contribution in [3.05, 3.63) is 182 Å². The highest BCUT2D eigenvalue weighted by Gasteiger charge is 2.25. The summed E-state index contributed by atoms with van der Waals surface area (Å²) in [6, 6.07) is 54.6. The molecular formula is C50H29N7O2S. The van der Waals surface area contributed by atoms with Gasteiger partial charge in [0.15, 0.2) is 5.82 Å². The molecule has 0 aliphatic carbocycles. The smallest absolute Gasteiger partial charge is 0.206 e. The molecule has 0 unspecified atom stereocenters. The number of fused-ring (bicyclic) bond motifs is 11. The van der Waals surface area contributed by atoms with Crippen molar-refractivity contribution < 1.29 is 8.42 Å². The van der Waals surface area contributed by atoms with E-state index < -0.39 is 9.84 Å². The van der Waals surface area contributed by atoms with E-state index >= 15 is 0 Å². The van der Waals surface area contributed by atoms with Crippen LogP contribution in [0.4, 0.5) is 0 Å². The lowest BCUT2D eigenvalue weighted by molar-refractivity contribution is 0.596. The quantitative estimate of drug-likeness (QED) is 0.172. The summed E-state index contributed by atoms with van der Waals surface area (Å²) in [4.78, 5) is 15.0. The van der Waals surface area contributed by atoms with E-state index in [-0.39, 0.29) is 9.79 Å². The Kier molecular flexibility index (Phi) is 7.18. The number of nitriles is 1. The molecule has 0 amide bonds. The third-order valence-electron chi connectivity index (χ3n) is 11.6. The number of hydrogen-bond acceptors (Lipinski definition) is 6. The van der Waals surface area contributed by atoms with Crippen molar-refractivity contribution in [2.75, 3.05) is 0 Å². The van der Waals surface area contributed by atoms with Crippen LogP contribution in [0.5, 0.6) is 0 Å². The predicted octanol–water partition coefficient (Wildman–Crippen LogP) is 11.0. The first-order chi connectivity index (χ1) is 29.5. The molecule has 0 saturated heterocycles. The third-order valence-corrected chi connectivity index (χ3v) is 13.4. The number of hydrogen-bond donors (Lipinski definition) is 0. The second-order valence-corrected chi connectivity index (χ2v) is 16.8. The summed E-state index contributed by atoms with van der Waals surface area (Å²) >= 11 is 0. The van der Waals surface area contributed by atoms with E-state index in [1.165, 1.54) is 24.3 Å². The van der Waals surface area contributed by atoms with Gasteiger partial charge in [-0.1, -0.05) is 60.7 Å². The second-order valence-electron chi connectivity index (χ2n) is 14.8. The van der Waals surface area contributed by atoms with Crippen LogP contribution >= 0.6 is 0 Å². The lowest BCUT2D eigenvalue weighted by Crippen LogP contribution is -2.03. The van der Waals surface area contributed by atoms with Gasteiger partial charge in [-0.25, -0.2) is 18.4 Å². The fourth-order valence-corrected chi connectivity index (χ4v) is 10.2. The van der Waals surface area contributed by atoms with Gasteiger partial charge >= 0.3 is 0 Å². The normalized spacial score (nSPS) is 12.1. The standard InChI is InChI=1S/C50H29N7O2S/c51-29-31-16-20-33(21-17-31)60(58,59)34-22-18-32(19-23-34)55-45-27-38-35-9-1-5-13-42(35)57(47-15-7-8-26-52-47)46(38)28-39(45)36-24-25-44-49(50(36)55)37-10-2-6-14-43(37)56(44)48-30-53-40-11-3-4-12-41(40)54-48/h1-28,30H. The van der Waals surface area contributed by atoms with Gasteiger partial charge < -0.3 is 4.57 Å². The Morgan fingerprint density at radius 3 is 1.83 bits per heavy atom. The van der Waals surface area contributed by atoms with Gasteiger partial charge in [0, 0.05) is 44.2 Å². The molecule has 0 spiro atoms. The van der Waals surface area contributed by atoms with Gasteiger partial charge in [-0.15, -0.1) is 0 Å². The molecule has 0 bridgehead atoms. The minimum atomic E-state index is -3.86. The van der Waals surface area contributed by atoms with Crippen molar-refractivity contribution in [1.82, 2.24) is 28.7 Å². The summed E-state index contributed by atoms with van der Waals surface area (Å²) in [5, 5.41) is 15.6. The lowest BCUT2D eigenvalue weighted by atomic mass is 10.1. The SMILES string of the molecule is N#Cc1ccc(S(=O)(=O)c2ccc(-n3c4cc5c6ccccc6n(-c6ccccn6)c5cc4c4ccc5c(c6ccccc6n5-c5cnc6ccccc6n5)c43)cc2)cc1. The Labute approximate surface area is 342 Å². The van der Waals surface area contributed by atoms with Gasteiger partial charge in [-0.3, -0.25) is 14.1 Å². The monoisotopic (exact) mass is 791 g/mol. The summed E-state index contributed by atoms with van der Waals surface area (Å²) in [5.74, 6) is 1.54. The molecule has 0 aliphatic rings. The van der Waals surface area contributed by atoms with Crippen LogP contribution in [0.15, 0.2) is 186 Å². The van der Waals surface area contributed by atoms with Gasteiger partial charge in [-0.05, 0) is 103 Å². The molecule has 0 radical (unpaired) electrons. The molecule has 282 valence electrons. The van der Waals surface area contributed by atoms with E-state index in [2.05, 4.69) is 86.5 Å². The lowest BCUT2D eigenvalue weighted by Gasteiger charge is -2.11. The predicted molar refractivity (Wildman–Crippen MR) is 237 cm³/mol. The van der Waals surface area contributed by atoms with Crippen LogP contribution in [0, 0.1) is 11.3 Å². The van der Waals surface area contributed by atoms with Gasteiger partial charge in [0.1, 0.15) is 5.82 Å². The van der Waals surface area contributed by atoms with Crippen molar-refractivity contribution >= 4 is 86.3 Å². The van der Waals surface area contributed by atoms with Crippen molar-refractivity contribution in [3.63, 3.8) is 0 Å². The van der Waals surface area contributed by atoms with Crippen molar-refractivity contribution in [2.24, 2.45) is 0 Å². The fraction of sp³-hybridized carbons (Fsp3) is 0. The second kappa shape index (κ2) is 12.7. The van der Waals surface area contributed by atoms with Crippen molar-refractivity contribution in [1.29, 1.82) is 5.26 Å². The van der Waals surface area contributed by atoms with E-state index in [9.17, 15) is 13.7 Å². The number of rotatable bonds is 5. The fourth-order valence-electron chi connectivity index (χ4n) is 8.94. The molecule has 5 heterocycles. The zero-order chi connectivity index (χ0) is 40.1. The van der Waals surface area contributed by atoms with E-state index in [1.54, 1.807) is 12.1 Å². The van der Waals surface area contributed by atoms with E-state index in [0.717, 1.165) is 88.0 Å². The number of sulfone groups is 1. The molecule has 0 aliphatic heterocycles. The number of aromatic nitrogens is 6. The van der Waals surface area contributed by atoms with Crippen LogP contribution in [-0.2, 0) is 9.84 Å². The van der Waals surface area contributed by atoms with E-state index in [1.807, 2.05) is 73.1 Å². The average molecular weight is 792 g/mol. The zero-order valence-corrected chi connectivity index (χ0v) is 32.4. The van der Waals surface area contributed by atoms with Crippen LogP contribution in [0.2, 0.25) is 0 Å². The van der Waals surface area contributed by atoms with Crippen LogP contribution < -0.4 is 0 Å². The Bertz CT molecular complexity index is 3900. The molecule has 10 heteroatoms. The highest BCUT2D eigenvalue weighted by molar-refractivity contribution is 7.91. The van der Waals surface area contributed by atoms with E-state index in [4.69, 9.17) is 15.0 Å². The molecule has 9 nitrogen and oxygen atoms in total. The Hall–Kier alpha value is -8.13. The first-order valence-electron chi connectivity index (χ1n) is 19.4. The minimum absolute atomic E-state index is 0.129. The largest absolute Gasteiger partial charge is 0.309 e. The molecule has 7 aromatic carbocycles. The summed E-state index contributed by atoms with van der Waals surface area (Å²) in [6.45, 7) is 0. The van der Waals surface area contributed by atoms with Crippen LogP contribution in [-0.4, -0.2) is 37.1 Å². The Morgan fingerprint density at radius 1 is 0.483 bits per heavy atom. The number of benzene rings is 7. The third kappa shape index (κ3) is 4.84. The van der Waals surface area contributed by atoms with Crippen LogP contribution in [0.1, 0.15) is 5.56 Å². The number of nitrogens with zero attached hydrogens (tertiary/aromatic N) is 7. The molecule has 0 N–H and O–H groups in total. The Balaban J connectivity index is 1.19. The molecule has 0 fully saturated rings. The molecule has 12 aromatic rings. The molecule has 5 aromatic heterocycles. The minimum Gasteiger partial charge on any atom is -0.309 e. The topological polar surface area (TPSA) is 111 Å². The maximum Gasteiger partial charge on any atom is 0.206 e. The highest BCUT2D eigenvalue weighted by atomic mass is 32.2. The molecular weight excluding hydrogens is 763 g/mol. The van der Waals surface area contributed by atoms with Crippen molar-refractivity contribution in [3.8, 4) is 23.4 Å². The van der Waals surface area contributed by atoms with Gasteiger partial charge in [0.2, 0.25) is 9.84 Å². The van der Waals surface area contributed by atoms with Crippen LogP contribution in [0.25, 0.3) is 93.8 Å². The highest BCUT2D eigenvalue weighted by Crippen LogP contribution is 2.44. The Morgan fingerprint density at radius 2 is 1.10 bits per heavy atom. The summed E-state index contributed by atoms with van der Waals surface area (Å²) < 4.78 is 34.4. The number of para-hydroxylation sites is 4. The maximum absolute atomic E-state index is 13.9. The first-order valence-corrected chi connectivity index (χ1v) is 20.9. The molecule has 60 heavy (non-hydrogen) atoms.